The van der Waals surface area contributed by atoms with Crippen LogP contribution >= 0.6 is 15.9 Å². The van der Waals surface area contributed by atoms with E-state index in [-0.39, 0.29) is 0 Å². The standard InChI is InChI=1S/C12H14BrN/c1-3-8(2)10-7-14-12-9(10)5-4-6-11(12)13/h4-8,14H,3H2,1-2H3. The van der Waals surface area contributed by atoms with Crippen molar-refractivity contribution in [2.24, 2.45) is 0 Å². The van der Waals surface area contributed by atoms with Crippen molar-refractivity contribution in [3.05, 3.63) is 34.4 Å². The molecule has 0 saturated heterocycles. The largest absolute Gasteiger partial charge is 0.360 e. The first-order valence-electron chi connectivity index (χ1n) is 4.99. The number of benzene rings is 1. The monoisotopic (exact) mass is 251 g/mol. The Morgan fingerprint density at radius 1 is 1.43 bits per heavy atom. The topological polar surface area (TPSA) is 15.8 Å². The molecule has 2 aromatic rings. The lowest BCUT2D eigenvalue weighted by Crippen LogP contribution is -1.88. The number of hydrogen-bond donors (Lipinski definition) is 1. The molecule has 0 amide bonds. The van der Waals surface area contributed by atoms with Crippen LogP contribution in [-0.2, 0) is 0 Å². The van der Waals surface area contributed by atoms with Gasteiger partial charge in [0.05, 0.1) is 5.52 Å². The van der Waals surface area contributed by atoms with Crippen LogP contribution in [0.4, 0.5) is 0 Å². The molecule has 0 aliphatic rings. The average Bonchev–Trinajstić information content (AvgIpc) is 2.62. The minimum absolute atomic E-state index is 0.623. The smallest absolute Gasteiger partial charge is 0.0601 e. The number of nitrogens with one attached hydrogen (secondary N) is 1. The summed E-state index contributed by atoms with van der Waals surface area (Å²) in [6, 6.07) is 6.34. The van der Waals surface area contributed by atoms with Crippen molar-refractivity contribution in [2.45, 2.75) is 26.2 Å². The normalized spacial score (nSPS) is 13.4. The summed E-state index contributed by atoms with van der Waals surface area (Å²) in [5, 5.41) is 1.34. The Morgan fingerprint density at radius 3 is 2.93 bits per heavy atom. The number of hydrogen-bond acceptors (Lipinski definition) is 0. The number of H-pyrrole nitrogens is 1. The van der Waals surface area contributed by atoms with Gasteiger partial charge in [-0.3, -0.25) is 0 Å². The van der Waals surface area contributed by atoms with Crippen LogP contribution in [0.3, 0.4) is 0 Å². The van der Waals surface area contributed by atoms with Crippen molar-refractivity contribution in [3.8, 4) is 0 Å². The SMILES string of the molecule is CCC(C)c1c[nH]c2c(Br)cccc12. The van der Waals surface area contributed by atoms with Crippen LogP contribution in [0.1, 0.15) is 31.7 Å². The molecule has 1 N–H and O–H groups in total. The lowest BCUT2D eigenvalue weighted by molar-refractivity contribution is 0.739. The predicted octanol–water partition coefficient (Wildman–Crippen LogP) is 4.44. The van der Waals surface area contributed by atoms with Crippen molar-refractivity contribution in [1.82, 2.24) is 4.98 Å². The van der Waals surface area contributed by atoms with E-state index >= 15 is 0 Å². The maximum absolute atomic E-state index is 3.55. The molecule has 1 atom stereocenters. The van der Waals surface area contributed by atoms with E-state index < -0.39 is 0 Å². The molecule has 0 fully saturated rings. The van der Waals surface area contributed by atoms with Gasteiger partial charge in [0, 0.05) is 16.1 Å². The molecule has 1 nitrogen and oxygen atoms in total. The molecular formula is C12H14BrN. The van der Waals surface area contributed by atoms with Crippen molar-refractivity contribution in [2.75, 3.05) is 0 Å². The van der Waals surface area contributed by atoms with Crippen molar-refractivity contribution < 1.29 is 0 Å². The Bertz CT molecular complexity index is 445. The van der Waals surface area contributed by atoms with E-state index in [0.29, 0.717) is 5.92 Å². The molecule has 0 aliphatic heterocycles. The summed E-state index contributed by atoms with van der Waals surface area (Å²) in [6.45, 7) is 4.49. The highest BCUT2D eigenvalue weighted by Gasteiger charge is 2.10. The Labute approximate surface area is 92.6 Å². The second kappa shape index (κ2) is 3.77. The maximum Gasteiger partial charge on any atom is 0.0601 e. The number of rotatable bonds is 2. The zero-order chi connectivity index (χ0) is 10.1. The van der Waals surface area contributed by atoms with Gasteiger partial charge in [-0.05, 0) is 39.9 Å². The van der Waals surface area contributed by atoms with Crippen LogP contribution in [0.25, 0.3) is 10.9 Å². The maximum atomic E-state index is 3.55. The van der Waals surface area contributed by atoms with E-state index in [1.165, 1.54) is 22.9 Å². The quantitative estimate of drug-likeness (QED) is 0.813. The van der Waals surface area contributed by atoms with E-state index in [9.17, 15) is 0 Å². The summed E-state index contributed by atoms with van der Waals surface area (Å²) in [5.41, 5.74) is 2.63. The van der Waals surface area contributed by atoms with Gasteiger partial charge in [0.1, 0.15) is 0 Å². The molecule has 1 aromatic heterocycles. The van der Waals surface area contributed by atoms with Crippen LogP contribution in [0.5, 0.6) is 0 Å². The molecule has 1 heterocycles. The predicted molar refractivity (Wildman–Crippen MR) is 64.7 cm³/mol. The summed E-state index contributed by atoms with van der Waals surface area (Å²) in [5.74, 6) is 0.623. The van der Waals surface area contributed by atoms with Gasteiger partial charge in [-0.2, -0.15) is 0 Å². The highest BCUT2D eigenvalue weighted by Crippen LogP contribution is 2.30. The zero-order valence-corrected chi connectivity index (χ0v) is 10.1. The molecular weight excluding hydrogens is 238 g/mol. The number of aromatic amines is 1. The van der Waals surface area contributed by atoms with Crippen molar-refractivity contribution in [1.29, 1.82) is 0 Å². The first kappa shape index (κ1) is 9.78. The highest BCUT2D eigenvalue weighted by atomic mass is 79.9. The third-order valence-electron chi connectivity index (χ3n) is 2.84. The third-order valence-corrected chi connectivity index (χ3v) is 3.50. The molecule has 74 valence electrons. The lowest BCUT2D eigenvalue weighted by atomic mass is 9.98. The highest BCUT2D eigenvalue weighted by molar-refractivity contribution is 9.10. The summed E-state index contributed by atoms with van der Waals surface area (Å²) in [6.07, 6.45) is 3.31. The van der Waals surface area contributed by atoms with Crippen LogP contribution in [0, 0.1) is 0 Å². The van der Waals surface area contributed by atoms with Gasteiger partial charge in [0.25, 0.3) is 0 Å². The van der Waals surface area contributed by atoms with E-state index in [2.05, 4.69) is 59.2 Å². The summed E-state index contributed by atoms with van der Waals surface area (Å²) < 4.78 is 1.14. The minimum Gasteiger partial charge on any atom is -0.360 e. The minimum atomic E-state index is 0.623. The van der Waals surface area contributed by atoms with Gasteiger partial charge in [-0.1, -0.05) is 26.0 Å². The van der Waals surface area contributed by atoms with Gasteiger partial charge < -0.3 is 4.98 Å². The molecule has 0 radical (unpaired) electrons. The molecule has 0 aliphatic carbocycles. The summed E-state index contributed by atoms with van der Waals surface area (Å²) >= 11 is 3.55. The van der Waals surface area contributed by atoms with Crippen LogP contribution in [-0.4, -0.2) is 4.98 Å². The van der Waals surface area contributed by atoms with Gasteiger partial charge in [-0.25, -0.2) is 0 Å². The van der Waals surface area contributed by atoms with Gasteiger partial charge in [-0.15, -0.1) is 0 Å². The Kier molecular flexibility index (Phi) is 2.64. The Balaban J connectivity index is 2.63. The lowest BCUT2D eigenvalue weighted by Gasteiger charge is -2.06. The fraction of sp³-hybridized carbons (Fsp3) is 0.333. The average molecular weight is 252 g/mol. The van der Waals surface area contributed by atoms with Crippen molar-refractivity contribution in [3.63, 3.8) is 0 Å². The van der Waals surface area contributed by atoms with Crippen molar-refractivity contribution >= 4 is 26.8 Å². The van der Waals surface area contributed by atoms with E-state index in [4.69, 9.17) is 0 Å². The van der Waals surface area contributed by atoms with Crippen LogP contribution < -0.4 is 0 Å². The second-order valence-corrected chi connectivity index (χ2v) is 4.57. The molecule has 14 heavy (non-hydrogen) atoms. The van der Waals surface area contributed by atoms with E-state index in [1.807, 2.05) is 0 Å². The molecule has 1 unspecified atom stereocenters. The van der Waals surface area contributed by atoms with Gasteiger partial charge in [0.15, 0.2) is 0 Å². The van der Waals surface area contributed by atoms with Gasteiger partial charge >= 0.3 is 0 Å². The summed E-state index contributed by atoms with van der Waals surface area (Å²) in [4.78, 5) is 3.32. The Hall–Kier alpha value is -0.760. The third kappa shape index (κ3) is 1.48. The molecule has 2 rings (SSSR count). The fourth-order valence-corrected chi connectivity index (χ4v) is 2.25. The first-order chi connectivity index (χ1) is 6.74. The molecule has 0 spiro atoms. The molecule has 0 bridgehead atoms. The fourth-order valence-electron chi connectivity index (χ4n) is 1.77. The van der Waals surface area contributed by atoms with Crippen LogP contribution in [0.2, 0.25) is 0 Å². The van der Waals surface area contributed by atoms with Crippen LogP contribution in [0.15, 0.2) is 28.9 Å². The number of aromatic nitrogens is 1. The molecule has 2 heteroatoms. The van der Waals surface area contributed by atoms with E-state index in [1.54, 1.807) is 0 Å². The number of halogens is 1. The number of para-hydroxylation sites is 1. The number of fused-ring (bicyclic) bond motifs is 1. The van der Waals surface area contributed by atoms with Gasteiger partial charge in [0.2, 0.25) is 0 Å². The molecule has 0 saturated carbocycles. The molecule has 1 aromatic carbocycles. The van der Waals surface area contributed by atoms with E-state index in [0.717, 1.165) is 4.47 Å². The Morgan fingerprint density at radius 2 is 2.21 bits per heavy atom. The second-order valence-electron chi connectivity index (χ2n) is 3.72. The first-order valence-corrected chi connectivity index (χ1v) is 5.78. The zero-order valence-electron chi connectivity index (χ0n) is 8.47. The summed E-state index contributed by atoms with van der Waals surface area (Å²) in [7, 11) is 0.